The molecule has 4 rings (SSSR count). The number of aromatic nitrogens is 2. The Morgan fingerprint density at radius 1 is 1.11 bits per heavy atom. The van der Waals surface area contributed by atoms with Gasteiger partial charge in [0.2, 0.25) is 0 Å². The Balaban J connectivity index is 1.63. The minimum atomic E-state index is -1.04. The van der Waals surface area contributed by atoms with Crippen LogP contribution >= 0.6 is 22.6 Å². The Labute approximate surface area is 215 Å². The van der Waals surface area contributed by atoms with E-state index in [1.807, 2.05) is 6.07 Å². The molecule has 2 aromatic heterocycles. The van der Waals surface area contributed by atoms with Gasteiger partial charge in [0.25, 0.3) is 5.91 Å². The van der Waals surface area contributed by atoms with Crippen molar-refractivity contribution in [2.45, 2.75) is 43.0 Å². The first-order chi connectivity index (χ1) is 16.8. The van der Waals surface area contributed by atoms with E-state index in [0.717, 1.165) is 43.0 Å². The predicted molar refractivity (Wildman–Crippen MR) is 136 cm³/mol. The Morgan fingerprint density at radius 3 is 2.54 bits per heavy atom. The van der Waals surface area contributed by atoms with Crippen LogP contribution in [-0.4, -0.2) is 26.4 Å². The molecule has 1 amide bonds. The standard InChI is InChI=1S/C26H25F3IN3O2/c1-3-35-17-11-20(28)24(21(29)12-17)25-19(27)4-5-22(32-25)26(34)33-23-13-31-7-6-18(23)15-8-14(2)9-16(30)10-15/h4-7,11-16H,3,8-10H2,1-2H3,(H,33,34)/t14-,15?,16?/m0/s1. The highest BCUT2D eigenvalue weighted by Gasteiger charge is 2.28. The summed E-state index contributed by atoms with van der Waals surface area (Å²) in [6.07, 6.45) is 6.42. The van der Waals surface area contributed by atoms with Crippen LogP contribution in [0.2, 0.25) is 0 Å². The first-order valence-electron chi connectivity index (χ1n) is 11.4. The van der Waals surface area contributed by atoms with Gasteiger partial charge in [0.05, 0.1) is 24.1 Å². The monoisotopic (exact) mass is 595 g/mol. The third-order valence-corrected chi connectivity index (χ3v) is 7.09. The zero-order valence-corrected chi connectivity index (χ0v) is 21.5. The summed E-state index contributed by atoms with van der Waals surface area (Å²) in [4.78, 5) is 21.2. The SMILES string of the molecule is CCOc1cc(F)c(-c2nc(C(=O)Nc3cnccc3C3CC(I)C[C@@H](C)C3)ccc2F)c(F)c1. The van der Waals surface area contributed by atoms with Crippen LogP contribution in [0.1, 0.15) is 55.1 Å². The number of carbonyl (C=O) groups excluding carboxylic acids is 1. The molecule has 1 saturated carbocycles. The topological polar surface area (TPSA) is 64.1 Å². The average Bonchev–Trinajstić information content (AvgIpc) is 2.79. The highest BCUT2D eigenvalue weighted by atomic mass is 127. The zero-order valence-electron chi connectivity index (χ0n) is 19.3. The van der Waals surface area contributed by atoms with Crippen LogP contribution in [0.15, 0.2) is 42.7 Å². The van der Waals surface area contributed by atoms with E-state index in [-0.39, 0.29) is 24.0 Å². The van der Waals surface area contributed by atoms with Gasteiger partial charge >= 0.3 is 0 Å². The zero-order chi connectivity index (χ0) is 25.1. The van der Waals surface area contributed by atoms with Gasteiger partial charge in [-0.3, -0.25) is 9.78 Å². The number of nitrogens with zero attached hydrogens (tertiary/aromatic N) is 2. The summed E-state index contributed by atoms with van der Waals surface area (Å²) in [6.45, 7) is 4.12. The molecule has 1 aromatic carbocycles. The van der Waals surface area contributed by atoms with Gasteiger partial charge in [0.1, 0.15) is 34.6 Å². The first-order valence-corrected chi connectivity index (χ1v) is 12.7. The molecule has 5 nitrogen and oxygen atoms in total. The Bertz CT molecular complexity index is 1210. The highest BCUT2D eigenvalue weighted by molar-refractivity contribution is 14.1. The molecule has 1 aliphatic carbocycles. The van der Waals surface area contributed by atoms with Gasteiger partial charge in [-0.1, -0.05) is 29.5 Å². The Kier molecular flexibility index (Phi) is 7.93. The lowest BCUT2D eigenvalue weighted by atomic mass is 9.78. The molecular formula is C26H25F3IN3O2. The molecule has 1 fully saturated rings. The molecule has 3 aromatic rings. The largest absolute Gasteiger partial charge is 0.494 e. The number of amides is 1. The number of pyridine rings is 2. The van der Waals surface area contributed by atoms with Gasteiger partial charge in [0.15, 0.2) is 0 Å². The van der Waals surface area contributed by atoms with Gasteiger partial charge in [-0.05, 0) is 61.8 Å². The Hall–Kier alpha value is -2.69. The van der Waals surface area contributed by atoms with Crippen molar-refractivity contribution in [2.75, 3.05) is 11.9 Å². The summed E-state index contributed by atoms with van der Waals surface area (Å²) < 4.78 is 49.6. The van der Waals surface area contributed by atoms with Crippen LogP contribution < -0.4 is 10.1 Å². The van der Waals surface area contributed by atoms with Crippen LogP contribution in [-0.2, 0) is 0 Å². The molecule has 2 heterocycles. The van der Waals surface area contributed by atoms with Gasteiger partial charge < -0.3 is 10.1 Å². The summed E-state index contributed by atoms with van der Waals surface area (Å²) in [6, 6.07) is 5.97. The fourth-order valence-corrected chi connectivity index (χ4v) is 6.08. The highest BCUT2D eigenvalue weighted by Crippen LogP contribution is 2.41. The summed E-state index contributed by atoms with van der Waals surface area (Å²) >= 11 is 2.47. The van der Waals surface area contributed by atoms with Gasteiger partial charge in [-0.15, -0.1) is 0 Å². The normalized spacial score (nSPS) is 19.9. The van der Waals surface area contributed by atoms with Crippen molar-refractivity contribution in [3.63, 3.8) is 0 Å². The molecule has 184 valence electrons. The third-order valence-electron chi connectivity index (χ3n) is 6.07. The third kappa shape index (κ3) is 5.76. The maximum Gasteiger partial charge on any atom is 0.274 e. The number of carbonyl (C=O) groups is 1. The molecule has 35 heavy (non-hydrogen) atoms. The van der Waals surface area contributed by atoms with E-state index in [4.69, 9.17) is 4.74 Å². The molecule has 0 saturated heterocycles. The lowest BCUT2D eigenvalue weighted by Gasteiger charge is -2.31. The second kappa shape index (κ2) is 10.9. The number of rotatable bonds is 6. The van der Waals surface area contributed by atoms with Crippen molar-refractivity contribution in [2.24, 2.45) is 5.92 Å². The van der Waals surface area contributed by atoms with E-state index in [2.05, 4.69) is 44.8 Å². The van der Waals surface area contributed by atoms with Crippen LogP contribution in [0.3, 0.4) is 0 Å². The fourth-order valence-electron chi connectivity index (χ4n) is 4.60. The van der Waals surface area contributed by atoms with Gasteiger partial charge in [-0.2, -0.15) is 0 Å². The van der Waals surface area contributed by atoms with E-state index >= 15 is 0 Å². The summed E-state index contributed by atoms with van der Waals surface area (Å²) in [5.74, 6) is -2.83. The molecule has 0 spiro atoms. The van der Waals surface area contributed by atoms with Crippen molar-refractivity contribution in [3.05, 3.63) is 71.4 Å². The van der Waals surface area contributed by atoms with E-state index in [1.54, 1.807) is 19.3 Å². The first kappa shape index (κ1) is 25.4. The van der Waals surface area contributed by atoms with Crippen molar-refractivity contribution < 1.29 is 22.7 Å². The van der Waals surface area contributed by atoms with E-state index in [1.165, 1.54) is 6.07 Å². The lowest BCUT2D eigenvalue weighted by molar-refractivity contribution is 0.102. The smallest absolute Gasteiger partial charge is 0.274 e. The molecule has 9 heteroatoms. The minimum absolute atomic E-state index is 0.0181. The quantitative estimate of drug-likeness (QED) is 0.248. The van der Waals surface area contributed by atoms with Crippen molar-refractivity contribution in [1.82, 2.24) is 9.97 Å². The van der Waals surface area contributed by atoms with Crippen molar-refractivity contribution in [3.8, 4) is 17.0 Å². The van der Waals surface area contributed by atoms with E-state index in [9.17, 15) is 18.0 Å². The number of anilines is 1. The number of hydrogen-bond acceptors (Lipinski definition) is 4. The number of nitrogens with one attached hydrogen (secondary N) is 1. The number of hydrogen-bond donors (Lipinski definition) is 1. The van der Waals surface area contributed by atoms with E-state index < -0.39 is 34.6 Å². The summed E-state index contributed by atoms with van der Waals surface area (Å²) in [5, 5.41) is 2.81. The van der Waals surface area contributed by atoms with Crippen LogP contribution in [0.4, 0.5) is 18.9 Å². The van der Waals surface area contributed by atoms with Crippen LogP contribution in [0.25, 0.3) is 11.3 Å². The minimum Gasteiger partial charge on any atom is -0.494 e. The van der Waals surface area contributed by atoms with Gasteiger partial charge in [-0.25, -0.2) is 18.2 Å². The molecule has 3 atom stereocenters. The second-order valence-corrected chi connectivity index (χ2v) is 10.5. The number of alkyl halides is 1. The molecule has 2 unspecified atom stereocenters. The number of ether oxygens (including phenoxy) is 1. The van der Waals surface area contributed by atoms with Crippen molar-refractivity contribution >= 4 is 34.2 Å². The van der Waals surface area contributed by atoms with Crippen LogP contribution in [0, 0.1) is 23.4 Å². The van der Waals surface area contributed by atoms with E-state index in [0.29, 0.717) is 15.5 Å². The molecule has 1 aliphatic rings. The molecule has 1 N–H and O–H groups in total. The molecule has 0 aliphatic heterocycles. The summed E-state index contributed by atoms with van der Waals surface area (Å²) in [7, 11) is 0. The lowest BCUT2D eigenvalue weighted by Crippen LogP contribution is -2.22. The Morgan fingerprint density at radius 2 is 1.86 bits per heavy atom. The molecule has 0 bridgehead atoms. The number of benzene rings is 1. The maximum atomic E-state index is 14.7. The number of halogens is 4. The maximum absolute atomic E-state index is 14.7. The fraction of sp³-hybridized carbons (Fsp3) is 0.346. The average molecular weight is 595 g/mol. The van der Waals surface area contributed by atoms with Crippen molar-refractivity contribution in [1.29, 1.82) is 0 Å². The van der Waals surface area contributed by atoms with Crippen LogP contribution in [0.5, 0.6) is 5.75 Å². The molecule has 0 radical (unpaired) electrons. The second-order valence-electron chi connectivity index (χ2n) is 8.75. The summed E-state index contributed by atoms with van der Waals surface area (Å²) in [5.41, 5.74) is 0.106. The van der Waals surface area contributed by atoms with Gasteiger partial charge in [0, 0.05) is 22.3 Å². The predicted octanol–water partition coefficient (Wildman–Crippen LogP) is 6.92. The molecular weight excluding hydrogens is 570 g/mol.